The number of anilines is 1. The van der Waals surface area contributed by atoms with Crippen molar-refractivity contribution in [2.24, 2.45) is 4.99 Å². The van der Waals surface area contributed by atoms with E-state index in [0.29, 0.717) is 0 Å². The number of amidine groups is 1. The van der Waals surface area contributed by atoms with Crippen LogP contribution in [0.1, 0.15) is 35.7 Å². The summed E-state index contributed by atoms with van der Waals surface area (Å²) < 4.78 is 0. The molecule has 0 aromatic heterocycles. The lowest BCUT2D eigenvalue weighted by molar-refractivity contribution is 0.101. The highest BCUT2D eigenvalue weighted by molar-refractivity contribution is 6.01. The first-order valence-corrected chi connectivity index (χ1v) is 6.20. The molecule has 0 bridgehead atoms. The fourth-order valence-corrected chi connectivity index (χ4v) is 2.63. The lowest BCUT2D eigenvalue weighted by Crippen LogP contribution is -2.27. The molecule has 2 aliphatic heterocycles. The van der Waals surface area contributed by atoms with Crippen LogP contribution in [0.3, 0.4) is 0 Å². The summed E-state index contributed by atoms with van der Waals surface area (Å²) in [4.78, 5) is 18.2. The lowest BCUT2D eigenvalue weighted by atomic mass is 10.1. The normalized spacial score (nSPS) is 18.2. The Hall–Kier alpha value is -1.64. The van der Waals surface area contributed by atoms with Crippen molar-refractivity contribution in [3.05, 3.63) is 29.3 Å². The van der Waals surface area contributed by atoms with Gasteiger partial charge >= 0.3 is 0 Å². The van der Waals surface area contributed by atoms with Gasteiger partial charge in [-0.1, -0.05) is 0 Å². The van der Waals surface area contributed by atoms with E-state index >= 15 is 0 Å². The van der Waals surface area contributed by atoms with Gasteiger partial charge in [0.1, 0.15) is 5.84 Å². The number of benzene rings is 1. The zero-order valence-corrected chi connectivity index (χ0v) is 10.1. The molecule has 0 atom stereocenters. The van der Waals surface area contributed by atoms with Crippen molar-refractivity contribution in [3.63, 3.8) is 0 Å². The Balaban J connectivity index is 1.95. The maximum absolute atomic E-state index is 11.3. The summed E-state index contributed by atoms with van der Waals surface area (Å²) in [6, 6.07) is 6.03. The fourth-order valence-electron chi connectivity index (χ4n) is 2.63. The zero-order valence-electron chi connectivity index (χ0n) is 10.1. The maximum atomic E-state index is 11.3. The van der Waals surface area contributed by atoms with Crippen molar-refractivity contribution in [1.82, 2.24) is 0 Å². The third-order valence-corrected chi connectivity index (χ3v) is 3.55. The van der Waals surface area contributed by atoms with Crippen LogP contribution in [0.15, 0.2) is 23.2 Å². The van der Waals surface area contributed by atoms with Crippen LogP contribution in [0, 0.1) is 0 Å². The standard InChI is InChI=1S/C14H16N2O/c1-10(17)11-4-5-13-12(9-11)6-8-16(13)14-3-2-7-15-14/h4-5,9H,2-3,6-8H2,1H3. The largest absolute Gasteiger partial charge is 0.330 e. The third kappa shape index (κ3) is 1.75. The monoisotopic (exact) mass is 228 g/mol. The van der Waals surface area contributed by atoms with Gasteiger partial charge in [0.25, 0.3) is 0 Å². The van der Waals surface area contributed by atoms with Crippen molar-refractivity contribution in [2.75, 3.05) is 18.0 Å². The molecule has 0 fully saturated rings. The molecule has 3 heteroatoms. The minimum atomic E-state index is 0.143. The van der Waals surface area contributed by atoms with Gasteiger partial charge in [0.15, 0.2) is 5.78 Å². The summed E-state index contributed by atoms with van der Waals surface area (Å²) >= 11 is 0. The molecule has 0 radical (unpaired) electrons. The summed E-state index contributed by atoms with van der Waals surface area (Å²) in [5.74, 6) is 1.36. The molecule has 0 saturated heterocycles. The molecule has 88 valence electrons. The number of Topliss-reactive ketones (excluding diaryl/α,β-unsaturated/α-hetero) is 1. The average molecular weight is 228 g/mol. The fraction of sp³-hybridized carbons (Fsp3) is 0.429. The van der Waals surface area contributed by atoms with Gasteiger partial charge in [-0.15, -0.1) is 0 Å². The summed E-state index contributed by atoms with van der Waals surface area (Å²) in [7, 11) is 0. The predicted octanol–water partition coefficient (Wildman–Crippen LogP) is 2.44. The van der Waals surface area contributed by atoms with Crippen LogP contribution in [0.4, 0.5) is 5.69 Å². The first kappa shape index (κ1) is 10.5. The van der Waals surface area contributed by atoms with E-state index in [2.05, 4.69) is 16.0 Å². The van der Waals surface area contributed by atoms with Gasteiger partial charge in [-0.25, -0.2) is 0 Å². The molecule has 0 unspecified atom stereocenters. The van der Waals surface area contributed by atoms with Crippen LogP contribution < -0.4 is 4.90 Å². The van der Waals surface area contributed by atoms with E-state index in [1.54, 1.807) is 6.92 Å². The van der Waals surface area contributed by atoms with Crippen LogP contribution in [0.25, 0.3) is 0 Å². The molecule has 3 rings (SSSR count). The third-order valence-electron chi connectivity index (χ3n) is 3.55. The molecular weight excluding hydrogens is 212 g/mol. The Bertz CT molecular complexity index is 505. The number of hydrogen-bond acceptors (Lipinski definition) is 3. The van der Waals surface area contributed by atoms with Crippen LogP contribution in [-0.2, 0) is 6.42 Å². The van der Waals surface area contributed by atoms with E-state index in [-0.39, 0.29) is 5.78 Å². The minimum Gasteiger partial charge on any atom is -0.330 e. The van der Waals surface area contributed by atoms with Crippen LogP contribution in [0.2, 0.25) is 0 Å². The quantitative estimate of drug-likeness (QED) is 0.692. The van der Waals surface area contributed by atoms with E-state index in [1.165, 1.54) is 23.5 Å². The number of nitrogens with zero attached hydrogens (tertiary/aromatic N) is 2. The molecule has 1 aromatic carbocycles. The second-order valence-corrected chi connectivity index (χ2v) is 4.70. The Kier molecular flexibility index (Phi) is 2.46. The van der Waals surface area contributed by atoms with Crippen molar-refractivity contribution in [2.45, 2.75) is 26.2 Å². The molecule has 1 aromatic rings. The molecule has 3 nitrogen and oxygen atoms in total. The molecule has 2 aliphatic rings. The zero-order chi connectivity index (χ0) is 11.8. The molecular formula is C14H16N2O. The second-order valence-electron chi connectivity index (χ2n) is 4.70. The molecule has 0 aliphatic carbocycles. The summed E-state index contributed by atoms with van der Waals surface area (Å²) in [5, 5.41) is 0. The average Bonchev–Trinajstić information content (AvgIpc) is 2.96. The van der Waals surface area contributed by atoms with E-state index in [4.69, 9.17) is 0 Å². The van der Waals surface area contributed by atoms with Gasteiger partial charge in [0.2, 0.25) is 0 Å². The molecule has 0 spiro atoms. The lowest BCUT2D eigenvalue weighted by Gasteiger charge is -2.19. The smallest absolute Gasteiger partial charge is 0.159 e. The highest BCUT2D eigenvalue weighted by Crippen LogP contribution is 2.30. The highest BCUT2D eigenvalue weighted by atomic mass is 16.1. The molecule has 0 amide bonds. The molecule has 0 N–H and O–H groups in total. The van der Waals surface area contributed by atoms with Gasteiger partial charge < -0.3 is 4.90 Å². The van der Waals surface area contributed by atoms with E-state index < -0.39 is 0 Å². The van der Waals surface area contributed by atoms with E-state index in [9.17, 15) is 4.79 Å². The first-order valence-electron chi connectivity index (χ1n) is 6.20. The van der Waals surface area contributed by atoms with Gasteiger partial charge in [-0.3, -0.25) is 9.79 Å². The molecule has 2 heterocycles. The van der Waals surface area contributed by atoms with E-state index in [1.807, 2.05) is 12.1 Å². The van der Waals surface area contributed by atoms with Gasteiger partial charge in [-0.2, -0.15) is 0 Å². The van der Waals surface area contributed by atoms with Gasteiger partial charge in [-0.05, 0) is 43.5 Å². The molecule has 0 saturated carbocycles. The minimum absolute atomic E-state index is 0.143. The summed E-state index contributed by atoms with van der Waals surface area (Å²) in [6.45, 7) is 3.59. The second kappa shape index (κ2) is 3.99. The van der Waals surface area contributed by atoms with Crippen molar-refractivity contribution >= 4 is 17.3 Å². The Morgan fingerprint density at radius 1 is 1.35 bits per heavy atom. The van der Waals surface area contributed by atoms with Crippen molar-refractivity contribution < 1.29 is 4.79 Å². The molecule has 17 heavy (non-hydrogen) atoms. The first-order chi connectivity index (χ1) is 8.25. The number of aliphatic imine (C=N–C) groups is 1. The van der Waals surface area contributed by atoms with Crippen LogP contribution in [0.5, 0.6) is 0 Å². The Morgan fingerprint density at radius 3 is 2.94 bits per heavy atom. The number of rotatable bonds is 1. The van der Waals surface area contributed by atoms with Crippen LogP contribution in [-0.4, -0.2) is 24.7 Å². The highest BCUT2D eigenvalue weighted by Gasteiger charge is 2.24. The SMILES string of the molecule is CC(=O)c1ccc2c(c1)CCN2C1=NCCC1. The van der Waals surface area contributed by atoms with Crippen molar-refractivity contribution in [3.8, 4) is 0 Å². The number of carbonyl (C=O) groups is 1. The summed E-state index contributed by atoms with van der Waals surface area (Å²) in [5.41, 5.74) is 3.35. The van der Waals surface area contributed by atoms with E-state index in [0.717, 1.165) is 31.5 Å². The summed E-state index contributed by atoms with van der Waals surface area (Å²) in [6.07, 6.45) is 3.29. The topological polar surface area (TPSA) is 32.7 Å². The van der Waals surface area contributed by atoms with Gasteiger partial charge in [0, 0.05) is 30.8 Å². The number of carbonyl (C=O) groups excluding carboxylic acids is 1. The van der Waals surface area contributed by atoms with Gasteiger partial charge in [0.05, 0.1) is 0 Å². The Morgan fingerprint density at radius 2 is 2.24 bits per heavy atom. The maximum Gasteiger partial charge on any atom is 0.159 e. The number of ketones is 1. The Labute approximate surface area is 101 Å². The number of fused-ring (bicyclic) bond motifs is 1. The van der Waals surface area contributed by atoms with Crippen LogP contribution >= 0.6 is 0 Å². The predicted molar refractivity (Wildman–Crippen MR) is 69.0 cm³/mol. The van der Waals surface area contributed by atoms with Crippen molar-refractivity contribution in [1.29, 1.82) is 0 Å². The number of hydrogen-bond donors (Lipinski definition) is 0.